The molecule has 0 amide bonds. The summed E-state index contributed by atoms with van der Waals surface area (Å²) in [6.07, 6.45) is 0. The van der Waals surface area contributed by atoms with E-state index in [2.05, 4.69) is 24.3 Å². The number of hydrogen-bond acceptors (Lipinski definition) is 8. The van der Waals surface area contributed by atoms with Gasteiger partial charge in [0, 0.05) is 44.0 Å². The molecule has 0 N–H and O–H groups in total. The van der Waals surface area contributed by atoms with Gasteiger partial charge in [-0.05, 0) is 104 Å². The van der Waals surface area contributed by atoms with Gasteiger partial charge >= 0.3 is 0 Å². The third kappa shape index (κ3) is 7.41. The van der Waals surface area contributed by atoms with Gasteiger partial charge in [0.25, 0.3) is 0 Å². The number of hydrogen-bond donors (Lipinski definition) is 0. The van der Waals surface area contributed by atoms with E-state index in [0.717, 1.165) is 44.5 Å². The lowest BCUT2D eigenvalue weighted by Gasteiger charge is -2.29. The number of pyridine rings is 2. The summed E-state index contributed by atoms with van der Waals surface area (Å²) in [5, 5.41) is 3.21. The van der Waals surface area contributed by atoms with E-state index >= 15 is 9.13 Å². The van der Waals surface area contributed by atoms with Gasteiger partial charge in [-0.25, -0.2) is 0 Å². The van der Waals surface area contributed by atoms with Crippen molar-refractivity contribution < 1.29 is 28.1 Å². The third-order valence-corrected chi connectivity index (χ3v) is 15.9. The number of aryl methyl sites for hydroxylation is 8. The first-order chi connectivity index (χ1) is 26.5. The van der Waals surface area contributed by atoms with Crippen LogP contribution in [-0.4, -0.2) is 38.4 Å². The second-order valence-corrected chi connectivity index (χ2v) is 20.2. The zero-order chi connectivity index (χ0) is 40.7. The Morgan fingerprint density at radius 2 is 0.589 bits per heavy atom. The van der Waals surface area contributed by atoms with Gasteiger partial charge in [0.05, 0.1) is 39.6 Å². The number of methoxy groups -OCH3 is 4. The largest absolute Gasteiger partial charge is 0.481 e. The van der Waals surface area contributed by atoms with Crippen molar-refractivity contribution in [1.82, 2.24) is 9.97 Å². The van der Waals surface area contributed by atoms with Crippen molar-refractivity contribution in [3.63, 3.8) is 0 Å². The average molecular weight is 789 g/mol. The molecule has 0 bridgehead atoms. The predicted molar refractivity (Wildman–Crippen MR) is 230 cm³/mol. The van der Waals surface area contributed by atoms with Crippen molar-refractivity contribution in [2.24, 2.45) is 0 Å². The quantitative estimate of drug-likeness (QED) is 0.122. The summed E-state index contributed by atoms with van der Waals surface area (Å²) >= 11 is 0. The van der Waals surface area contributed by atoms with E-state index in [-0.39, 0.29) is 23.5 Å². The van der Waals surface area contributed by atoms with Crippen molar-refractivity contribution in [1.29, 1.82) is 0 Å². The number of rotatable bonds is 11. The number of aromatic nitrogens is 2. The van der Waals surface area contributed by atoms with Crippen LogP contribution in [0, 0.1) is 55.4 Å². The summed E-state index contributed by atoms with van der Waals surface area (Å²) in [6, 6.07) is 27.4. The highest BCUT2D eigenvalue weighted by atomic mass is 31.2. The smallest absolute Gasteiger partial charge is 0.225 e. The Labute approximate surface area is 331 Å². The number of benzene rings is 4. The van der Waals surface area contributed by atoms with Crippen LogP contribution in [0.15, 0.2) is 84.9 Å². The molecule has 2 heterocycles. The Balaban J connectivity index is 1.91. The van der Waals surface area contributed by atoms with Crippen molar-refractivity contribution >= 4 is 46.1 Å². The first kappa shape index (κ1) is 40.5. The molecule has 8 nitrogen and oxygen atoms in total. The van der Waals surface area contributed by atoms with Crippen LogP contribution in [0.4, 0.5) is 0 Å². The van der Waals surface area contributed by atoms with Gasteiger partial charge in [-0.15, -0.1) is 0 Å². The molecular formula is C46H50N2O6P2. The lowest BCUT2D eigenvalue weighted by Crippen LogP contribution is -2.31. The summed E-state index contributed by atoms with van der Waals surface area (Å²) in [7, 11) is -1.70. The fourth-order valence-corrected chi connectivity index (χ4v) is 14.3. The predicted octanol–water partition coefficient (Wildman–Crippen LogP) is 7.92. The highest BCUT2D eigenvalue weighted by molar-refractivity contribution is 7.86. The molecular weight excluding hydrogens is 738 g/mol. The van der Waals surface area contributed by atoms with Gasteiger partial charge in [0.2, 0.25) is 23.5 Å². The molecule has 0 fully saturated rings. The summed E-state index contributed by atoms with van der Waals surface area (Å²) in [5.74, 6) is 0.603. The molecule has 0 saturated heterocycles. The number of nitrogens with zero attached hydrogens (tertiary/aromatic N) is 2. The monoisotopic (exact) mass is 788 g/mol. The van der Waals surface area contributed by atoms with E-state index in [1.807, 2.05) is 104 Å². The Kier molecular flexibility index (Phi) is 11.4. The summed E-state index contributed by atoms with van der Waals surface area (Å²) in [5.41, 5.74) is 8.30. The maximum Gasteiger partial charge on any atom is 0.225 e. The van der Waals surface area contributed by atoms with Crippen LogP contribution in [0.3, 0.4) is 0 Å². The van der Waals surface area contributed by atoms with E-state index in [4.69, 9.17) is 28.9 Å². The van der Waals surface area contributed by atoms with Crippen LogP contribution in [-0.2, 0) is 9.13 Å². The summed E-state index contributed by atoms with van der Waals surface area (Å²) in [6.45, 7) is 16.0. The van der Waals surface area contributed by atoms with E-state index in [1.54, 1.807) is 12.1 Å². The standard InChI is InChI=1S/C46H50N2O6P2/c1-27-13-28(2)18-35(17-27)55(49,36-19-29(3)14-30(4)20-36)39-25-41(51-9)47-45(53-11)43(39)44-40(26-42(52-10)48-46(44)54-12)56(50,37-21-31(5)15-32(6)22-37)38-23-33(7)16-34(8)24-38/h13-26H,1-12H3. The first-order valence-electron chi connectivity index (χ1n) is 18.4. The van der Waals surface area contributed by atoms with Gasteiger partial charge in [-0.2, -0.15) is 9.97 Å². The second-order valence-electron chi connectivity index (χ2n) is 14.7. The molecule has 56 heavy (non-hydrogen) atoms. The van der Waals surface area contributed by atoms with Crippen LogP contribution >= 0.6 is 14.3 Å². The van der Waals surface area contributed by atoms with Crippen molar-refractivity contribution in [3.05, 3.63) is 129 Å². The Morgan fingerprint density at radius 3 is 0.786 bits per heavy atom. The molecule has 290 valence electrons. The van der Waals surface area contributed by atoms with Crippen LogP contribution < -0.4 is 50.8 Å². The topological polar surface area (TPSA) is 96.8 Å². The van der Waals surface area contributed by atoms with E-state index in [9.17, 15) is 0 Å². The fourth-order valence-electron chi connectivity index (χ4n) is 7.83. The highest BCUT2D eigenvalue weighted by Crippen LogP contribution is 2.53. The average Bonchev–Trinajstić information content (AvgIpc) is 3.14. The van der Waals surface area contributed by atoms with Crippen LogP contribution in [0.25, 0.3) is 11.1 Å². The van der Waals surface area contributed by atoms with Crippen LogP contribution in [0.1, 0.15) is 44.5 Å². The zero-order valence-electron chi connectivity index (χ0n) is 34.3. The fraction of sp³-hybridized carbons (Fsp3) is 0.261. The maximum atomic E-state index is 16.9. The normalized spacial score (nSPS) is 11.7. The lowest BCUT2D eigenvalue weighted by molar-refractivity contribution is 0.362. The highest BCUT2D eigenvalue weighted by Gasteiger charge is 2.42. The molecule has 0 spiro atoms. The Bertz CT molecular complexity index is 2230. The maximum absolute atomic E-state index is 16.9. The zero-order valence-corrected chi connectivity index (χ0v) is 36.1. The van der Waals surface area contributed by atoms with Gasteiger partial charge in [0.1, 0.15) is 0 Å². The third-order valence-electron chi connectivity index (χ3n) is 9.90. The molecule has 0 aliphatic rings. The van der Waals surface area contributed by atoms with Crippen LogP contribution in [0.5, 0.6) is 23.5 Å². The molecule has 6 aromatic rings. The number of ether oxygens (including phenoxy) is 4. The molecule has 2 aromatic heterocycles. The molecule has 4 aromatic carbocycles. The van der Waals surface area contributed by atoms with Crippen molar-refractivity contribution in [2.45, 2.75) is 55.4 Å². The van der Waals surface area contributed by atoms with Gasteiger partial charge < -0.3 is 28.1 Å². The van der Waals surface area contributed by atoms with E-state index in [1.165, 1.54) is 28.4 Å². The molecule has 0 atom stereocenters. The van der Waals surface area contributed by atoms with Gasteiger partial charge in [0.15, 0.2) is 14.3 Å². The molecule has 0 aliphatic heterocycles. The van der Waals surface area contributed by atoms with E-state index in [0.29, 0.717) is 43.0 Å². The SMILES string of the molecule is COc1cc(P(=O)(c2cc(C)cc(C)c2)c2cc(C)cc(C)c2)c(-c2c(P(=O)(c3cc(C)cc(C)c3)c3cc(C)cc(C)c3)cc(OC)nc2OC)c(OC)n1. The molecule has 10 heteroatoms. The Morgan fingerprint density at radius 1 is 0.357 bits per heavy atom. The van der Waals surface area contributed by atoms with Crippen molar-refractivity contribution in [3.8, 4) is 34.6 Å². The minimum absolute atomic E-state index is 0.104. The molecule has 0 saturated carbocycles. The van der Waals surface area contributed by atoms with Gasteiger partial charge in [-0.1, -0.05) is 68.8 Å². The second kappa shape index (κ2) is 15.8. The minimum Gasteiger partial charge on any atom is -0.481 e. The molecule has 6 rings (SSSR count). The summed E-state index contributed by atoms with van der Waals surface area (Å²) in [4.78, 5) is 9.58. The molecule has 0 aliphatic carbocycles. The summed E-state index contributed by atoms with van der Waals surface area (Å²) < 4.78 is 57.6. The van der Waals surface area contributed by atoms with Crippen molar-refractivity contribution in [2.75, 3.05) is 28.4 Å². The van der Waals surface area contributed by atoms with Gasteiger partial charge in [-0.3, -0.25) is 0 Å². The lowest BCUT2D eigenvalue weighted by atomic mass is 10.1. The van der Waals surface area contributed by atoms with Crippen LogP contribution in [0.2, 0.25) is 0 Å². The minimum atomic E-state index is -3.87. The molecule has 0 unspecified atom stereocenters. The Hall–Kier alpha value is -5.16. The first-order valence-corrected chi connectivity index (χ1v) is 21.8. The van der Waals surface area contributed by atoms with E-state index < -0.39 is 14.3 Å². The molecule has 0 radical (unpaired) electrons.